The van der Waals surface area contributed by atoms with Crippen molar-refractivity contribution in [1.82, 2.24) is 10.6 Å². The molecule has 0 aliphatic carbocycles. The highest BCUT2D eigenvalue weighted by Crippen LogP contribution is 2.29. The summed E-state index contributed by atoms with van der Waals surface area (Å²) in [5, 5.41) is 6.67. The minimum Gasteiger partial charge on any atom is -0.315 e. The molecule has 5 heteroatoms. The molecule has 0 aromatic heterocycles. The first-order valence-electron chi connectivity index (χ1n) is 7.03. The second-order valence-electron chi connectivity index (χ2n) is 5.00. The summed E-state index contributed by atoms with van der Waals surface area (Å²) >= 11 is 0. The Bertz CT molecular complexity index is 374. The van der Waals surface area contributed by atoms with Crippen molar-refractivity contribution in [2.75, 3.05) is 19.6 Å². The van der Waals surface area contributed by atoms with Gasteiger partial charge in [0.2, 0.25) is 0 Å². The smallest absolute Gasteiger partial charge is 0.315 e. The number of halogens is 3. The third kappa shape index (κ3) is 6.39. The van der Waals surface area contributed by atoms with Gasteiger partial charge in [-0.15, -0.1) is 0 Å². The summed E-state index contributed by atoms with van der Waals surface area (Å²) in [5.41, 5.74) is 0.325. The Labute approximate surface area is 118 Å². The molecule has 1 aromatic rings. The lowest BCUT2D eigenvalue weighted by Crippen LogP contribution is -2.37. The normalized spacial score (nSPS) is 13.4. The van der Waals surface area contributed by atoms with Gasteiger partial charge in [-0.2, -0.15) is 13.2 Å². The van der Waals surface area contributed by atoms with E-state index in [1.807, 2.05) is 0 Å². The maximum atomic E-state index is 12.4. The van der Waals surface area contributed by atoms with Gasteiger partial charge in [-0.05, 0) is 50.6 Å². The Kier molecular flexibility index (Phi) is 7.02. The maximum absolute atomic E-state index is 12.4. The summed E-state index contributed by atoms with van der Waals surface area (Å²) in [4.78, 5) is 0. The largest absolute Gasteiger partial charge is 0.416 e. The number of alkyl halides is 3. The first-order valence-corrected chi connectivity index (χ1v) is 7.03. The molecule has 0 saturated heterocycles. The third-order valence-corrected chi connectivity index (χ3v) is 3.07. The zero-order valence-electron chi connectivity index (χ0n) is 12.1. The number of hydrogen-bond donors (Lipinski definition) is 2. The van der Waals surface area contributed by atoms with Crippen molar-refractivity contribution in [2.45, 2.75) is 38.9 Å². The molecular formula is C15H23F3N2. The van der Waals surface area contributed by atoms with Crippen LogP contribution in [0.4, 0.5) is 13.2 Å². The van der Waals surface area contributed by atoms with E-state index in [-0.39, 0.29) is 0 Å². The molecule has 0 saturated carbocycles. The van der Waals surface area contributed by atoms with E-state index < -0.39 is 11.7 Å². The van der Waals surface area contributed by atoms with Gasteiger partial charge in [-0.3, -0.25) is 0 Å². The Morgan fingerprint density at radius 1 is 1.10 bits per heavy atom. The molecule has 0 spiro atoms. The van der Waals surface area contributed by atoms with Crippen LogP contribution in [0.25, 0.3) is 0 Å². The molecule has 1 atom stereocenters. The Hall–Kier alpha value is -1.07. The molecular weight excluding hydrogens is 265 g/mol. The number of hydrogen-bond acceptors (Lipinski definition) is 2. The van der Waals surface area contributed by atoms with Gasteiger partial charge in [-0.1, -0.05) is 19.1 Å². The van der Waals surface area contributed by atoms with Crippen molar-refractivity contribution in [3.8, 4) is 0 Å². The lowest BCUT2D eigenvalue weighted by atomic mass is 10.1. The van der Waals surface area contributed by atoms with Gasteiger partial charge >= 0.3 is 6.18 Å². The molecule has 2 N–H and O–H groups in total. The van der Waals surface area contributed by atoms with E-state index in [0.717, 1.165) is 50.2 Å². The van der Waals surface area contributed by atoms with E-state index in [1.54, 1.807) is 12.1 Å². The van der Waals surface area contributed by atoms with E-state index in [0.29, 0.717) is 6.04 Å². The van der Waals surface area contributed by atoms with Crippen LogP contribution in [0.1, 0.15) is 31.4 Å². The predicted octanol–water partition coefficient (Wildman–Crippen LogP) is 3.23. The van der Waals surface area contributed by atoms with Gasteiger partial charge in [0.15, 0.2) is 0 Å². The summed E-state index contributed by atoms with van der Waals surface area (Å²) in [6, 6.07) is 5.73. The summed E-state index contributed by atoms with van der Waals surface area (Å²) in [6.07, 6.45) is -2.41. The van der Waals surface area contributed by atoms with Crippen molar-refractivity contribution in [3.05, 3.63) is 35.4 Å². The van der Waals surface area contributed by atoms with Crippen LogP contribution in [0.3, 0.4) is 0 Å². The van der Waals surface area contributed by atoms with Crippen molar-refractivity contribution in [2.24, 2.45) is 0 Å². The summed E-state index contributed by atoms with van der Waals surface area (Å²) in [7, 11) is 0. The van der Waals surface area contributed by atoms with Gasteiger partial charge in [0.25, 0.3) is 0 Å². The molecule has 0 heterocycles. The van der Waals surface area contributed by atoms with Crippen LogP contribution in [0, 0.1) is 0 Å². The number of benzene rings is 1. The molecule has 20 heavy (non-hydrogen) atoms. The average Bonchev–Trinajstić information content (AvgIpc) is 2.38. The van der Waals surface area contributed by atoms with E-state index in [4.69, 9.17) is 0 Å². The second kappa shape index (κ2) is 8.27. The van der Waals surface area contributed by atoms with Crippen molar-refractivity contribution < 1.29 is 13.2 Å². The van der Waals surface area contributed by atoms with Crippen LogP contribution >= 0.6 is 0 Å². The molecule has 0 aliphatic heterocycles. The van der Waals surface area contributed by atoms with Crippen LogP contribution in [0.15, 0.2) is 24.3 Å². The zero-order valence-corrected chi connectivity index (χ0v) is 12.1. The van der Waals surface area contributed by atoms with Gasteiger partial charge in [-0.25, -0.2) is 0 Å². The van der Waals surface area contributed by atoms with Gasteiger partial charge in [0, 0.05) is 12.6 Å². The quantitative estimate of drug-likeness (QED) is 0.718. The molecule has 2 nitrogen and oxygen atoms in total. The molecule has 0 aliphatic rings. The maximum Gasteiger partial charge on any atom is 0.416 e. The Balaban J connectivity index is 2.28. The van der Waals surface area contributed by atoms with Gasteiger partial charge in [0.05, 0.1) is 5.56 Å². The summed E-state index contributed by atoms with van der Waals surface area (Å²) in [6.45, 7) is 6.89. The topological polar surface area (TPSA) is 24.1 Å². The minimum atomic E-state index is -4.25. The third-order valence-electron chi connectivity index (χ3n) is 3.07. The van der Waals surface area contributed by atoms with E-state index >= 15 is 0 Å². The fourth-order valence-corrected chi connectivity index (χ4v) is 1.89. The first kappa shape index (κ1) is 17.0. The highest BCUT2D eigenvalue weighted by molar-refractivity contribution is 5.24. The molecule has 0 radical (unpaired) electrons. The van der Waals surface area contributed by atoms with Crippen LogP contribution in [-0.4, -0.2) is 25.7 Å². The monoisotopic (exact) mass is 288 g/mol. The second-order valence-corrected chi connectivity index (χ2v) is 5.00. The number of rotatable bonds is 8. The molecule has 0 bridgehead atoms. The molecule has 0 fully saturated rings. The lowest BCUT2D eigenvalue weighted by molar-refractivity contribution is -0.137. The summed E-state index contributed by atoms with van der Waals surface area (Å²) < 4.78 is 37.2. The van der Waals surface area contributed by atoms with E-state index in [9.17, 15) is 13.2 Å². The molecule has 1 aromatic carbocycles. The van der Waals surface area contributed by atoms with Crippen LogP contribution in [-0.2, 0) is 12.6 Å². The summed E-state index contributed by atoms with van der Waals surface area (Å²) in [5.74, 6) is 0. The number of nitrogens with one attached hydrogen (secondary N) is 2. The molecule has 1 rings (SSSR count). The van der Waals surface area contributed by atoms with Gasteiger partial charge < -0.3 is 10.6 Å². The van der Waals surface area contributed by atoms with E-state index in [2.05, 4.69) is 24.5 Å². The molecule has 114 valence electrons. The first-order chi connectivity index (χ1) is 9.43. The standard InChI is InChI=1S/C15H23F3N2/c1-3-9-19-11-12(2)20-10-8-13-4-6-14(7-5-13)15(16,17)18/h4-7,12,19-20H,3,8-11H2,1-2H3. The fourth-order valence-electron chi connectivity index (χ4n) is 1.89. The molecule has 0 amide bonds. The molecule has 1 unspecified atom stereocenters. The highest BCUT2D eigenvalue weighted by atomic mass is 19.4. The van der Waals surface area contributed by atoms with Crippen molar-refractivity contribution >= 4 is 0 Å². The van der Waals surface area contributed by atoms with E-state index in [1.165, 1.54) is 0 Å². The fraction of sp³-hybridized carbons (Fsp3) is 0.600. The SMILES string of the molecule is CCCNCC(C)NCCc1ccc(C(F)(F)F)cc1. The predicted molar refractivity (Wildman–Crippen MR) is 75.8 cm³/mol. The minimum absolute atomic E-state index is 0.357. The highest BCUT2D eigenvalue weighted by Gasteiger charge is 2.29. The average molecular weight is 288 g/mol. The lowest BCUT2D eigenvalue weighted by Gasteiger charge is -2.14. The van der Waals surface area contributed by atoms with Gasteiger partial charge in [0.1, 0.15) is 0 Å². The van der Waals surface area contributed by atoms with Crippen LogP contribution in [0.5, 0.6) is 0 Å². The Morgan fingerprint density at radius 3 is 2.30 bits per heavy atom. The van der Waals surface area contributed by atoms with Crippen molar-refractivity contribution in [3.63, 3.8) is 0 Å². The van der Waals surface area contributed by atoms with Crippen LogP contribution in [0.2, 0.25) is 0 Å². The zero-order chi connectivity index (χ0) is 15.0. The van der Waals surface area contributed by atoms with Crippen LogP contribution < -0.4 is 10.6 Å². The Morgan fingerprint density at radius 2 is 1.75 bits per heavy atom. The van der Waals surface area contributed by atoms with Crippen molar-refractivity contribution in [1.29, 1.82) is 0 Å².